The molecule has 90 valence electrons. The van der Waals surface area contributed by atoms with Crippen molar-refractivity contribution in [2.45, 2.75) is 13.0 Å². The predicted molar refractivity (Wildman–Crippen MR) is 67.0 cm³/mol. The maximum atomic E-state index is 8.84. The lowest BCUT2D eigenvalue weighted by Gasteiger charge is -2.24. The molecular formula is C13H17N3O. The van der Waals surface area contributed by atoms with Gasteiger partial charge in [0.1, 0.15) is 0 Å². The SMILES string of the molecule is Cc1cc(NCC2CNCCO2)ccc1C#N. The first-order chi connectivity index (χ1) is 8.29. The smallest absolute Gasteiger partial charge is 0.0994 e. The normalized spacial score (nSPS) is 19.6. The molecule has 1 aromatic rings. The van der Waals surface area contributed by atoms with Crippen LogP contribution < -0.4 is 10.6 Å². The zero-order valence-corrected chi connectivity index (χ0v) is 9.99. The van der Waals surface area contributed by atoms with Gasteiger partial charge in [-0.25, -0.2) is 0 Å². The lowest BCUT2D eigenvalue weighted by atomic mass is 10.1. The minimum Gasteiger partial charge on any atom is -0.382 e. The number of aryl methyl sites for hydroxylation is 1. The summed E-state index contributed by atoms with van der Waals surface area (Å²) in [4.78, 5) is 0. The van der Waals surface area contributed by atoms with Crippen LogP contribution in [0.1, 0.15) is 11.1 Å². The van der Waals surface area contributed by atoms with E-state index in [0.29, 0.717) is 0 Å². The van der Waals surface area contributed by atoms with Crippen molar-refractivity contribution in [1.29, 1.82) is 5.26 Å². The summed E-state index contributed by atoms with van der Waals surface area (Å²) in [7, 11) is 0. The molecule has 4 heteroatoms. The van der Waals surface area contributed by atoms with E-state index in [0.717, 1.165) is 43.1 Å². The molecule has 1 aliphatic heterocycles. The maximum Gasteiger partial charge on any atom is 0.0994 e. The van der Waals surface area contributed by atoms with Crippen LogP contribution >= 0.6 is 0 Å². The Hall–Kier alpha value is -1.57. The van der Waals surface area contributed by atoms with Crippen LogP contribution in [0.5, 0.6) is 0 Å². The number of nitrogens with one attached hydrogen (secondary N) is 2. The molecule has 1 fully saturated rings. The van der Waals surface area contributed by atoms with Gasteiger partial charge in [-0.05, 0) is 30.7 Å². The van der Waals surface area contributed by atoms with Crippen LogP contribution in [0.15, 0.2) is 18.2 Å². The fraction of sp³-hybridized carbons (Fsp3) is 0.462. The van der Waals surface area contributed by atoms with E-state index in [1.54, 1.807) is 0 Å². The molecule has 1 unspecified atom stereocenters. The summed E-state index contributed by atoms with van der Waals surface area (Å²) in [6.45, 7) is 5.34. The summed E-state index contributed by atoms with van der Waals surface area (Å²) >= 11 is 0. The average molecular weight is 231 g/mol. The highest BCUT2D eigenvalue weighted by Gasteiger charge is 2.12. The molecule has 1 atom stereocenters. The average Bonchev–Trinajstić information content (AvgIpc) is 2.38. The molecular weight excluding hydrogens is 214 g/mol. The van der Waals surface area contributed by atoms with E-state index in [-0.39, 0.29) is 6.10 Å². The van der Waals surface area contributed by atoms with Crippen LogP contribution in [0.4, 0.5) is 5.69 Å². The first kappa shape index (κ1) is 11.9. The van der Waals surface area contributed by atoms with Gasteiger partial charge in [-0.2, -0.15) is 5.26 Å². The van der Waals surface area contributed by atoms with E-state index in [2.05, 4.69) is 16.7 Å². The molecule has 0 amide bonds. The zero-order chi connectivity index (χ0) is 12.1. The predicted octanol–water partition coefficient (Wildman–Crippen LogP) is 1.27. The van der Waals surface area contributed by atoms with Crippen LogP contribution in [0.2, 0.25) is 0 Å². The molecule has 17 heavy (non-hydrogen) atoms. The van der Waals surface area contributed by atoms with Crippen LogP contribution in [-0.2, 0) is 4.74 Å². The van der Waals surface area contributed by atoms with Gasteiger partial charge in [0.2, 0.25) is 0 Å². The number of anilines is 1. The van der Waals surface area contributed by atoms with Crippen molar-refractivity contribution in [3.63, 3.8) is 0 Å². The number of nitriles is 1. The largest absolute Gasteiger partial charge is 0.382 e. The third-order valence-corrected chi connectivity index (χ3v) is 2.89. The number of benzene rings is 1. The van der Waals surface area contributed by atoms with Crippen molar-refractivity contribution in [1.82, 2.24) is 5.32 Å². The first-order valence-corrected chi connectivity index (χ1v) is 5.86. The molecule has 0 aromatic heterocycles. The Morgan fingerprint density at radius 1 is 1.59 bits per heavy atom. The summed E-state index contributed by atoms with van der Waals surface area (Å²) in [5.41, 5.74) is 2.77. The second-order valence-electron chi connectivity index (χ2n) is 4.22. The Kier molecular flexibility index (Phi) is 3.97. The van der Waals surface area contributed by atoms with E-state index in [4.69, 9.17) is 10.00 Å². The van der Waals surface area contributed by atoms with Gasteiger partial charge in [0.25, 0.3) is 0 Å². The van der Waals surface area contributed by atoms with E-state index in [1.807, 2.05) is 25.1 Å². The van der Waals surface area contributed by atoms with Gasteiger partial charge < -0.3 is 15.4 Å². The highest BCUT2D eigenvalue weighted by molar-refractivity contribution is 5.51. The Balaban J connectivity index is 1.90. The molecule has 0 radical (unpaired) electrons. The molecule has 1 aliphatic rings. The monoisotopic (exact) mass is 231 g/mol. The van der Waals surface area contributed by atoms with Crippen molar-refractivity contribution in [3.8, 4) is 6.07 Å². The highest BCUT2D eigenvalue weighted by Crippen LogP contribution is 2.14. The number of hydrogen-bond acceptors (Lipinski definition) is 4. The number of rotatable bonds is 3. The molecule has 1 aromatic carbocycles. The van der Waals surface area contributed by atoms with Crippen LogP contribution in [0.3, 0.4) is 0 Å². The van der Waals surface area contributed by atoms with Gasteiger partial charge in [0.15, 0.2) is 0 Å². The minimum atomic E-state index is 0.222. The number of ether oxygens (including phenoxy) is 1. The highest BCUT2D eigenvalue weighted by atomic mass is 16.5. The van der Waals surface area contributed by atoms with Crippen molar-refractivity contribution in [3.05, 3.63) is 29.3 Å². The van der Waals surface area contributed by atoms with E-state index >= 15 is 0 Å². The summed E-state index contributed by atoms with van der Waals surface area (Å²) < 4.78 is 5.60. The van der Waals surface area contributed by atoms with E-state index in [1.165, 1.54) is 0 Å². The van der Waals surface area contributed by atoms with Crippen molar-refractivity contribution in [2.75, 3.05) is 31.6 Å². The van der Waals surface area contributed by atoms with Gasteiger partial charge in [-0.1, -0.05) is 0 Å². The van der Waals surface area contributed by atoms with Gasteiger partial charge in [-0.15, -0.1) is 0 Å². The van der Waals surface area contributed by atoms with Crippen LogP contribution in [0.25, 0.3) is 0 Å². The standard InChI is InChI=1S/C13H17N3O/c1-10-6-12(3-2-11(10)7-14)16-9-13-8-15-4-5-17-13/h2-3,6,13,15-16H,4-5,8-9H2,1H3. The molecule has 4 nitrogen and oxygen atoms in total. The van der Waals surface area contributed by atoms with Crippen LogP contribution in [0, 0.1) is 18.3 Å². The summed E-state index contributed by atoms with van der Waals surface area (Å²) in [6, 6.07) is 7.94. The minimum absolute atomic E-state index is 0.222. The lowest BCUT2D eigenvalue weighted by molar-refractivity contribution is 0.0372. The third kappa shape index (κ3) is 3.19. The Morgan fingerprint density at radius 2 is 2.47 bits per heavy atom. The quantitative estimate of drug-likeness (QED) is 0.822. The molecule has 1 saturated heterocycles. The summed E-state index contributed by atoms with van der Waals surface area (Å²) in [6.07, 6.45) is 0.222. The fourth-order valence-corrected chi connectivity index (χ4v) is 1.88. The second kappa shape index (κ2) is 5.67. The fourth-order valence-electron chi connectivity index (χ4n) is 1.88. The lowest BCUT2D eigenvalue weighted by Crippen LogP contribution is -2.42. The Morgan fingerprint density at radius 3 is 3.12 bits per heavy atom. The summed E-state index contributed by atoms with van der Waals surface area (Å²) in [5.74, 6) is 0. The summed E-state index contributed by atoms with van der Waals surface area (Å²) in [5, 5.41) is 15.5. The number of morpholine rings is 1. The van der Waals surface area contributed by atoms with E-state index in [9.17, 15) is 0 Å². The molecule has 2 N–H and O–H groups in total. The van der Waals surface area contributed by atoms with Crippen molar-refractivity contribution in [2.24, 2.45) is 0 Å². The number of hydrogen-bond donors (Lipinski definition) is 2. The maximum absolute atomic E-state index is 8.84. The molecule has 0 saturated carbocycles. The van der Waals surface area contributed by atoms with Crippen molar-refractivity contribution >= 4 is 5.69 Å². The topological polar surface area (TPSA) is 57.1 Å². The number of nitrogens with zero attached hydrogens (tertiary/aromatic N) is 1. The molecule has 0 bridgehead atoms. The molecule has 1 heterocycles. The van der Waals surface area contributed by atoms with Gasteiger partial charge in [0, 0.05) is 25.3 Å². The van der Waals surface area contributed by atoms with Gasteiger partial charge in [-0.3, -0.25) is 0 Å². The molecule has 0 aliphatic carbocycles. The van der Waals surface area contributed by atoms with Gasteiger partial charge in [0.05, 0.1) is 24.3 Å². The Labute approximate surface area is 102 Å². The second-order valence-corrected chi connectivity index (χ2v) is 4.22. The third-order valence-electron chi connectivity index (χ3n) is 2.89. The van der Waals surface area contributed by atoms with Crippen molar-refractivity contribution < 1.29 is 4.74 Å². The Bertz CT molecular complexity index is 419. The zero-order valence-electron chi connectivity index (χ0n) is 9.99. The first-order valence-electron chi connectivity index (χ1n) is 5.86. The molecule has 0 spiro atoms. The van der Waals surface area contributed by atoms with Crippen LogP contribution in [-0.4, -0.2) is 32.3 Å². The van der Waals surface area contributed by atoms with E-state index < -0.39 is 0 Å². The van der Waals surface area contributed by atoms with Gasteiger partial charge >= 0.3 is 0 Å². The molecule has 2 rings (SSSR count).